The number of nitrogens with one attached hydrogen (secondary N) is 3. The number of aryl methyl sites for hydroxylation is 1. The summed E-state index contributed by atoms with van der Waals surface area (Å²) in [6, 6.07) is 3.42. The van der Waals surface area contributed by atoms with Crippen molar-refractivity contribution in [2.45, 2.75) is 26.7 Å². The maximum absolute atomic E-state index is 12.5. The van der Waals surface area contributed by atoms with Crippen molar-refractivity contribution < 1.29 is 9.90 Å². The second kappa shape index (κ2) is 9.21. The third kappa shape index (κ3) is 4.87. The molecule has 2 aromatic rings. The summed E-state index contributed by atoms with van der Waals surface area (Å²) >= 11 is 1.35. The molecule has 6 nitrogen and oxygen atoms in total. The number of aromatic hydroxyl groups is 1. The Labute approximate surface area is 163 Å². The van der Waals surface area contributed by atoms with E-state index in [4.69, 9.17) is 0 Å². The first kappa shape index (κ1) is 20.5. The Kier molecular flexibility index (Phi) is 7.25. The van der Waals surface area contributed by atoms with Crippen molar-refractivity contribution in [3.63, 3.8) is 0 Å². The first-order valence-electron chi connectivity index (χ1n) is 8.55. The average molecular weight is 397 g/mol. The molecule has 0 bridgehead atoms. The largest absolute Gasteiger partial charge is 0.508 e. The number of benzene rings is 1. The topological polar surface area (TPSA) is 86.3 Å². The van der Waals surface area contributed by atoms with Gasteiger partial charge in [-0.15, -0.1) is 12.4 Å². The van der Waals surface area contributed by atoms with E-state index < -0.39 is 0 Å². The SMILES string of the molecule is Cc1ccc(O)c(C)c1NC(=O)c1cnc(NCC2CCNCC2)s1.Cl. The normalized spacial score (nSPS) is 14.5. The summed E-state index contributed by atoms with van der Waals surface area (Å²) in [5, 5.41) is 20.2. The quantitative estimate of drug-likeness (QED) is 0.621. The number of carbonyl (C=O) groups is 1. The highest BCUT2D eigenvalue weighted by atomic mass is 35.5. The van der Waals surface area contributed by atoms with E-state index in [0.717, 1.165) is 30.3 Å². The van der Waals surface area contributed by atoms with Crippen molar-refractivity contribution in [2.75, 3.05) is 30.3 Å². The fraction of sp³-hybridized carbons (Fsp3) is 0.444. The van der Waals surface area contributed by atoms with E-state index in [1.165, 1.54) is 24.2 Å². The van der Waals surface area contributed by atoms with Gasteiger partial charge in [-0.1, -0.05) is 17.4 Å². The van der Waals surface area contributed by atoms with Crippen molar-refractivity contribution in [3.05, 3.63) is 34.3 Å². The van der Waals surface area contributed by atoms with Crippen molar-refractivity contribution in [2.24, 2.45) is 5.92 Å². The summed E-state index contributed by atoms with van der Waals surface area (Å²) in [5.74, 6) is 0.624. The first-order chi connectivity index (χ1) is 12.0. The van der Waals surface area contributed by atoms with E-state index in [9.17, 15) is 9.90 Å². The smallest absolute Gasteiger partial charge is 0.267 e. The summed E-state index contributed by atoms with van der Waals surface area (Å²) in [6.45, 7) is 6.72. The number of thiazole rings is 1. The summed E-state index contributed by atoms with van der Waals surface area (Å²) in [6.07, 6.45) is 3.93. The molecule has 1 aromatic carbocycles. The predicted octanol–water partition coefficient (Wildman–Crippen LogP) is 3.55. The van der Waals surface area contributed by atoms with Crippen LogP contribution in [0.4, 0.5) is 10.8 Å². The van der Waals surface area contributed by atoms with Gasteiger partial charge in [0.05, 0.1) is 11.9 Å². The van der Waals surface area contributed by atoms with Gasteiger partial charge >= 0.3 is 0 Å². The van der Waals surface area contributed by atoms with Crippen molar-refractivity contribution in [1.29, 1.82) is 0 Å². The van der Waals surface area contributed by atoms with Crippen molar-refractivity contribution >= 4 is 40.5 Å². The highest BCUT2D eigenvalue weighted by Gasteiger charge is 2.16. The Morgan fingerprint density at radius 2 is 2.08 bits per heavy atom. The molecule has 0 unspecified atom stereocenters. The molecule has 1 aromatic heterocycles. The van der Waals surface area contributed by atoms with Gasteiger partial charge in [0, 0.05) is 12.1 Å². The van der Waals surface area contributed by atoms with Gasteiger partial charge in [-0.05, 0) is 57.3 Å². The minimum absolute atomic E-state index is 0. The van der Waals surface area contributed by atoms with Gasteiger partial charge in [0.15, 0.2) is 5.13 Å². The molecule has 0 aliphatic carbocycles. The van der Waals surface area contributed by atoms with Crippen molar-refractivity contribution in [1.82, 2.24) is 10.3 Å². The zero-order valence-electron chi connectivity index (χ0n) is 15.0. The van der Waals surface area contributed by atoms with Gasteiger partial charge < -0.3 is 21.1 Å². The highest BCUT2D eigenvalue weighted by Crippen LogP contribution is 2.29. The lowest BCUT2D eigenvalue weighted by Crippen LogP contribution is -2.31. The number of piperidine rings is 1. The molecule has 142 valence electrons. The van der Waals surface area contributed by atoms with Gasteiger partial charge in [0.2, 0.25) is 0 Å². The molecule has 1 saturated heterocycles. The van der Waals surface area contributed by atoms with Crippen LogP contribution in [0.3, 0.4) is 0 Å². The maximum Gasteiger partial charge on any atom is 0.267 e. The monoisotopic (exact) mass is 396 g/mol. The first-order valence-corrected chi connectivity index (χ1v) is 9.37. The number of amides is 1. The number of anilines is 2. The number of hydrogen-bond donors (Lipinski definition) is 4. The molecule has 8 heteroatoms. The minimum atomic E-state index is -0.204. The number of hydrogen-bond acceptors (Lipinski definition) is 6. The van der Waals surface area contributed by atoms with E-state index >= 15 is 0 Å². The zero-order valence-corrected chi connectivity index (χ0v) is 16.6. The molecular weight excluding hydrogens is 372 g/mol. The number of nitrogens with zero attached hydrogens (tertiary/aromatic N) is 1. The minimum Gasteiger partial charge on any atom is -0.508 e. The van der Waals surface area contributed by atoms with Crippen LogP contribution in [0.25, 0.3) is 0 Å². The van der Waals surface area contributed by atoms with Crippen LogP contribution in [0, 0.1) is 19.8 Å². The van der Waals surface area contributed by atoms with E-state index in [2.05, 4.69) is 20.9 Å². The molecule has 0 radical (unpaired) electrons. The van der Waals surface area contributed by atoms with E-state index in [0.29, 0.717) is 22.0 Å². The summed E-state index contributed by atoms with van der Waals surface area (Å²) < 4.78 is 0. The van der Waals surface area contributed by atoms with Crippen LogP contribution in [0.5, 0.6) is 5.75 Å². The fourth-order valence-electron chi connectivity index (χ4n) is 2.98. The number of phenols is 1. The van der Waals surface area contributed by atoms with Gasteiger partial charge in [0.25, 0.3) is 5.91 Å². The lowest BCUT2D eigenvalue weighted by Gasteiger charge is -2.22. The predicted molar refractivity (Wildman–Crippen MR) is 109 cm³/mol. The molecule has 1 aliphatic heterocycles. The van der Waals surface area contributed by atoms with Crippen molar-refractivity contribution in [3.8, 4) is 5.75 Å². The van der Waals surface area contributed by atoms with Gasteiger partial charge in [-0.3, -0.25) is 4.79 Å². The van der Waals surface area contributed by atoms with Crippen LogP contribution in [0.15, 0.2) is 18.3 Å². The lowest BCUT2D eigenvalue weighted by atomic mass is 9.98. The average Bonchev–Trinajstić information content (AvgIpc) is 3.10. The zero-order chi connectivity index (χ0) is 17.8. The van der Waals surface area contributed by atoms with Crippen LogP contribution in [0.1, 0.15) is 33.6 Å². The Balaban J connectivity index is 0.00000243. The summed E-state index contributed by atoms with van der Waals surface area (Å²) in [4.78, 5) is 17.3. The third-order valence-electron chi connectivity index (χ3n) is 4.61. The molecular formula is C18H25ClN4O2S. The number of aromatic nitrogens is 1. The molecule has 2 heterocycles. The molecule has 4 N–H and O–H groups in total. The molecule has 26 heavy (non-hydrogen) atoms. The highest BCUT2D eigenvalue weighted by molar-refractivity contribution is 7.17. The molecule has 0 atom stereocenters. The van der Waals surface area contributed by atoms with Crippen LogP contribution >= 0.6 is 23.7 Å². The Bertz CT molecular complexity index is 760. The number of rotatable bonds is 5. The third-order valence-corrected chi connectivity index (χ3v) is 5.57. The molecule has 3 rings (SSSR count). The summed E-state index contributed by atoms with van der Waals surface area (Å²) in [5.41, 5.74) is 2.24. The molecule has 1 fully saturated rings. The summed E-state index contributed by atoms with van der Waals surface area (Å²) in [7, 11) is 0. The Morgan fingerprint density at radius 1 is 1.35 bits per heavy atom. The second-order valence-corrected chi connectivity index (χ2v) is 7.49. The molecule has 1 amide bonds. The number of phenolic OH excluding ortho intramolecular Hbond substituents is 1. The maximum atomic E-state index is 12.5. The second-order valence-electron chi connectivity index (χ2n) is 6.46. The van der Waals surface area contributed by atoms with E-state index in [1.54, 1.807) is 25.3 Å². The van der Waals surface area contributed by atoms with Gasteiger partial charge in [-0.25, -0.2) is 4.98 Å². The lowest BCUT2D eigenvalue weighted by molar-refractivity contribution is 0.103. The Hall–Kier alpha value is -1.83. The van der Waals surface area contributed by atoms with Crippen LogP contribution in [-0.4, -0.2) is 35.6 Å². The molecule has 0 saturated carbocycles. The molecule has 0 spiro atoms. The molecule has 1 aliphatic rings. The van der Waals surface area contributed by atoms with Gasteiger partial charge in [0.1, 0.15) is 10.6 Å². The standard InChI is InChI=1S/C18H24N4O2S.ClH/c1-11-3-4-14(23)12(2)16(11)22-17(24)15-10-21-18(25-15)20-9-13-5-7-19-8-6-13;/h3-4,10,13,19,23H,5-9H2,1-2H3,(H,20,21)(H,22,24);1H. The van der Waals surface area contributed by atoms with Crippen LogP contribution < -0.4 is 16.0 Å². The number of halogens is 1. The fourth-order valence-corrected chi connectivity index (χ4v) is 3.70. The number of carbonyl (C=O) groups excluding carboxylic acids is 1. The van der Waals surface area contributed by atoms with Crippen LogP contribution in [0.2, 0.25) is 0 Å². The van der Waals surface area contributed by atoms with E-state index in [1.807, 2.05) is 6.92 Å². The van der Waals surface area contributed by atoms with E-state index in [-0.39, 0.29) is 24.1 Å². The van der Waals surface area contributed by atoms with Crippen LogP contribution in [-0.2, 0) is 0 Å². The Morgan fingerprint density at radius 3 is 2.81 bits per heavy atom. The van der Waals surface area contributed by atoms with Gasteiger partial charge in [-0.2, -0.15) is 0 Å².